The van der Waals surface area contributed by atoms with Crippen LogP contribution < -0.4 is 4.74 Å². The van der Waals surface area contributed by atoms with Crippen molar-refractivity contribution in [1.82, 2.24) is 0 Å². The Bertz CT molecular complexity index is 456. The molecule has 0 aromatic heterocycles. The monoisotopic (exact) mass is 230 g/mol. The van der Waals surface area contributed by atoms with Gasteiger partial charge in [0.2, 0.25) is 0 Å². The summed E-state index contributed by atoms with van der Waals surface area (Å²) < 4.78 is 6.13. The highest BCUT2D eigenvalue weighted by Crippen LogP contribution is 2.43. The Labute approximate surface area is 102 Å². The molecule has 0 saturated heterocycles. The molecule has 0 amide bonds. The van der Waals surface area contributed by atoms with E-state index in [1.165, 1.54) is 18.4 Å². The number of carbonyl (C=O) groups excluding carboxylic acids is 1. The Kier molecular flexibility index (Phi) is 2.46. The van der Waals surface area contributed by atoms with Gasteiger partial charge in [-0.25, -0.2) is 0 Å². The van der Waals surface area contributed by atoms with Crippen molar-refractivity contribution in [1.29, 1.82) is 0 Å². The van der Waals surface area contributed by atoms with Crippen molar-refractivity contribution in [3.63, 3.8) is 0 Å². The van der Waals surface area contributed by atoms with Crippen molar-refractivity contribution in [2.24, 2.45) is 0 Å². The van der Waals surface area contributed by atoms with Gasteiger partial charge in [-0.1, -0.05) is 13.0 Å². The molecule has 0 N–H and O–H groups in total. The summed E-state index contributed by atoms with van der Waals surface area (Å²) in [7, 11) is 0. The predicted molar refractivity (Wildman–Crippen MR) is 66.6 cm³/mol. The van der Waals surface area contributed by atoms with E-state index in [-0.39, 0.29) is 11.4 Å². The number of fused-ring (bicyclic) bond motifs is 1. The Morgan fingerprint density at radius 2 is 2.06 bits per heavy atom. The maximum Gasteiger partial charge on any atom is 0.170 e. The van der Waals surface area contributed by atoms with Crippen LogP contribution in [-0.4, -0.2) is 11.4 Å². The van der Waals surface area contributed by atoms with E-state index >= 15 is 0 Å². The summed E-state index contributed by atoms with van der Waals surface area (Å²) in [6, 6.07) is 6.05. The van der Waals surface area contributed by atoms with Crippen LogP contribution in [0.5, 0.6) is 5.75 Å². The largest absolute Gasteiger partial charge is 0.486 e. The van der Waals surface area contributed by atoms with E-state index in [9.17, 15) is 4.79 Å². The molecule has 0 unspecified atom stereocenters. The molecule has 1 heterocycles. The second-order valence-electron chi connectivity index (χ2n) is 5.28. The molecule has 2 aliphatic rings. The fourth-order valence-corrected chi connectivity index (χ4v) is 3.06. The quantitative estimate of drug-likeness (QED) is 0.737. The third kappa shape index (κ3) is 1.76. The normalized spacial score (nSPS) is 21.4. The van der Waals surface area contributed by atoms with E-state index < -0.39 is 0 Å². The smallest absolute Gasteiger partial charge is 0.170 e. The van der Waals surface area contributed by atoms with Gasteiger partial charge in [0.1, 0.15) is 11.4 Å². The van der Waals surface area contributed by atoms with E-state index in [1.54, 1.807) is 0 Å². The highest BCUT2D eigenvalue weighted by Gasteiger charge is 2.42. The molecule has 2 nitrogen and oxygen atoms in total. The molecule has 3 rings (SSSR count). The third-order valence-electron chi connectivity index (χ3n) is 4.08. The molecule has 0 bridgehead atoms. The van der Waals surface area contributed by atoms with Crippen LogP contribution in [0.3, 0.4) is 0 Å². The lowest BCUT2D eigenvalue weighted by Gasteiger charge is -2.34. The third-order valence-corrected chi connectivity index (χ3v) is 4.08. The highest BCUT2D eigenvalue weighted by molar-refractivity contribution is 6.00. The van der Waals surface area contributed by atoms with E-state index in [0.717, 1.165) is 30.6 Å². The number of rotatable bonds is 1. The van der Waals surface area contributed by atoms with Crippen LogP contribution in [0.2, 0.25) is 0 Å². The number of Topliss-reactive ketones (excluding diaryl/α,β-unsaturated/α-hetero) is 1. The van der Waals surface area contributed by atoms with Crippen LogP contribution in [0.25, 0.3) is 0 Å². The van der Waals surface area contributed by atoms with Crippen LogP contribution in [-0.2, 0) is 6.42 Å². The summed E-state index contributed by atoms with van der Waals surface area (Å²) in [5, 5.41) is 0. The SMILES string of the molecule is CCc1ccc2c(c1)C(=O)CC1(CCCC1)O2. The zero-order valence-corrected chi connectivity index (χ0v) is 10.3. The first-order valence-corrected chi connectivity index (χ1v) is 6.58. The Hall–Kier alpha value is -1.31. The first-order valence-electron chi connectivity index (χ1n) is 6.58. The van der Waals surface area contributed by atoms with Gasteiger partial charge in [0, 0.05) is 0 Å². The second kappa shape index (κ2) is 3.86. The van der Waals surface area contributed by atoms with E-state index in [4.69, 9.17) is 4.74 Å². The lowest BCUT2D eigenvalue weighted by Crippen LogP contribution is -2.39. The van der Waals surface area contributed by atoms with E-state index in [0.29, 0.717) is 6.42 Å². The van der Waals surface area contributed by atoms with Gasteiger partial charge in [0.15, 0.2) is 5.78 Å². The van der Waals surface area contributed by atoms with Crippen molar-refractivity contribution in [3.8, 4) is 5.75 Å². The van der Waals surface area contributed by atoms with Crippen LogP contribution in [0.15, 0.2) is 18.2 Å². The minimum Gasteiger partial charge on any atom is -0.486 e. The van der Waals surface area contributed by atoms with E-state index in [2.05, 4.69) is 13.0 Å². The summed E-state index contributed by atoms with van der Waals surface area (Å²) in [6.45, 7) is 2.11. The number of hydrogen-bond acceptors (Lipinski definition) is 2. The lowest BCUT2D eigenvalue weighted by molar-refractivity contribution is 0.0450. The molecule has 1 spiro atoms. The molecule has 1 aromatic rings. The topological polar surface area (TPSA) is 26.3 Å². The van der Waals surface area contributed by atoms with Gasteiger partial charge < -0.3 is 4.74 Å². The van der Waals surface area contributed by atoms with Gasteiger partial charge >= 0.3 is 0 Å². The number of benzene rings is 1. The Morgan fingerprint density at radius 1 is 1.29 bits per heavy atom. The molecule has 1 fully saturated rings. The minimum absolute atomic E-state index is 0.169. The summed E-state index contributed by atoms with van der Waals surface area (Å²) in [5.74, 6) is 1.07. The first-order chi connectivity index (χ1) is 8.22. The lowest BCUT2D eigenvalue weighted by atomic mass is 9.88. The zero-order chi connectivity index (χ0) is 11.9. The molecule has 0 radical (unpaired) electrons. The molecule has 1 aliphatic heterocycles. The average Bonchev–Trinajstić information content (AvgIpc) is 2.77. The van der Waals surface area contributed by atoms with Crippen molar-refractivity contribution in [3.05, 3.63) is 29.3 Å². The molecule has 1 aromatic carbocycles. The van der Waals surface area contributed by atoms with Crippen molar-refractivity contribution in [2.75, 3.05) is 0 Å². The standard InChI is InChI=1S/C15H18O2/c1-2-11-5-6-14-12(9-11)13(16)10-15(17-14)7-3-4-8-15/h5-6,9H,2-4,7-8,10H2,1H3. The summed E-state index contributed by atoms with van der Waals surface area (Å²) in [5.41, 5.74) is 1.84. The van der Waals surface area contributed by atoms with Gasteiger partial charge in [-0.2, -0.15) is 0 Å². The summed E-state index contributed by atoms with van der Waals surface area (Å²) in [4.78, 5) is 12.2. The van der Waals surface area contributed by atoms with Gasteiger partial charge in [0.25, 0.3) is 0 Å². The minimum atomic E-state index is -0.169. The number of ketones is 1. The first kappa shape index (κ1) is 10.8. The maximum atomic E-state index is 12.2. The zero-order valence-electron chi connectivity index (χ0n) is 10.3. The van der Waals surface area contributed by atoms with Crippen molar-refractivity contribution >= 4 is 5.78 Å². The summed E-state index contributed by atoms with van der Waals surface area (Å²) in [6.07, 6.45) is 5.99. The second-order valence-corrected chi connectivity index (χ2v) is 5.28. The van der Waals surface area contributed by atoms with Gasteiger partial charge in [-0.15, -0.1) is 0 Å². The van der Waals surface area contributed by atoms with Crippen LogP contribution in [0.1, 0.15) is 54.9 Å². The maximum absolute atomic E-state index is 12.2. The van der Waals surface area contributed by atoms with Crippen LogP contribution in [0, 0.1) is 0 Å². The molecule has 90 valence electrons. The fraction of sp³-hybridized carbons (Fsp3) is 0.533. The van der Waals surface area contributed by atoms with E-state index in [1.807, 2.05) is 12.1 Å². The number of aryl methyl sites for hydroxylation is 1. The van der Waals surface area contributed by atoms with Gasteiger partial charge in [-0.3, -0.25) is 4.79 Å². The van der Waals surface area contributed by atoms with Gasteiger partial charge in [-0.05, 0) is 49.8 Å². The number of carbonyl (C=O) groups is 1. The predicted octanol–water partition coefficient (Wildman–Crippen LogP) is 3.53. The van der Waals surface area contributed by atoms with Crippen molar-refractivity contribution < 1.29 is 9.53 Å². The molecular weight excluding hydrogens is 212 g/mol. The highest BCUT2D eigenvalue weighted by atomic mass is 16.5. The average molecular weight is 230 g/mol. The molecular formula is C15H18O2. The van der Waals surface area contributed by atoms with Crippen LogP contribution in [0.4, 0.5) is 0 Å². The molecule has 0 atom stereocenters. The van der Waals surface area contributed by atoms with Gasteiger partial charge in [0.05, 0.1) is 12.0 Å². The number of hydrogen-bond donors (Lipinski definition) is 0. The molecule has 1 saturated carbocycles. The Balaban J connectivity index is 1.99. The van der Waals surface area contributed by atoms with Crippen LogP contribution >= 0.6 is 0 Å². The number of ether oxygens (including phenoxy) is 1. The summed E-state index contributed by atoms with van der Waals surface area (Å²) >= 11 is 0. The molecule has 17 heavy (non-hydrogen) atoms. The molecule has 2 heteroatoms. The van der Waals surface area contributed by atoms with Crippen molar-refractivity contribution in [2.45, 2.75) is 51.0 Å². The molecule has 1 aliphatic carbocycles. The Morgan fingerprint density at radius 3 is 2.76 bits per heavy atom. The fourth-order valence-electron chi connectivity index (χ4n) is 3.06.